The van der Waals surface area contributed by atoms with Gasteiger partial charge in [0.25, 0.3) is 5.91 Å². The highest BCUT2D eigenvalue weighted by atomic mass is 19.1. The highest BCUT2D eigenvalue weighted by Crippen LogP contribution is 2.39. The lowest BCUT2D eigenvalue weighted by Gasteiger charge is -2.30. The normalized spacial score (nSPS) is 20.5. The molecule has 7 rings (SSSR count). The van der Waals surface area contributed by atoms with Crippen LogP contribution in [0.25, 0.3) is 16.9 Å². The summed E-state index contributed by atoms with van der Waals surface area (Å²) in [4.78, 5) is 36.8. The number of imidazole rings is 1. The lowest BCUT2D eigenvalue weighted by atomic mass is 9.82. The first-order valence-electron chi connectivity index (χ1n) is 12.6. The van der Waals surface area contributed by atoms with Crippen LogP contribution in [0.3, 0.4) is 0 Å². The maximum atomic E-state index is 13.7. The monoisotopic (exact) mass is 512 g/mol. The van der Waals surface area contributed by atoms with Crippen molar-refractivity contribution in [1.82, 2.24) is 24.6 Å². The molecule has 4 aromatic rings. The summed E-state index contributed by atoms with van der Waals surface area (Å²) in [6.45, 7) is 1.86. The minimum Gasteiger partial charge on any atom is -0.381 e. The average molecular weight is 513 g/mol. The van der Waals surface area contributed by atoms with Crippen molar-refractivity contribution in [3.05, 3.63) is 77.0 Å². The van der Waals surface area contributed by atoms with Gasteiger partial charge in [-0.3, -0.25) is 14.0 Å². The molecular formula is C28H25FN6O3. The molecule has 1 aromatic carbocycles. The lowest BCUT2D eigenvalue weighted by Crippen LogP contribution is -2.38. The number of carbonyl (C=O) groups is 2. The zero-order chi connectivity index (χ0) is 26.0. The van der Waals surface area contributed by atoms with Crippen molar-refractivity contribution in [2.45, 2.75) is 25.4 Å². The first-order chi connectivity index (χ1) is 18.5. The number of carbonyl (C=O) groups excluding carboxylic acids is 2. The van der Waals surface area contributed by atoms with Crippen molar-refractivity contribution in [3.8, 4) is 11.3 Å². The summed E-state index contributed by atoms with van der Waals surface area (Å²) in [5.74, 6) is 0.0662. The third-order valence-corrected chi connectivity index (χ3v) is 7.83. The third kappa shape index (κ3) is 3.55. The molecule has 1 fully saturated rings. The Labute approximate surface area is 217 Å². The molecule has 10 heteroatoms. The van der Waals surface area contributed by atoms with E-state index < -0.39 is 0 Å². The number of hydrogen-bond donors (Lipinski definition) is 2. The zero-order valence-electron chi connectivity index (χ0n) is 20.7. The molecular weight excluding hydrogens is 487 g/mol. The Morgan fingerprint density at radius 1 is 1.16 bits per heavy atom. The predicted octanol–water partition coefficient (Wildman–Crippen LogP) is 3.61. The van der Waals surface area contributed by atoms with Crippen LogP contribution < -0.4 is 10.6 Å². The van der Waals surface area contributed by atoms with E-state index >= 15 is 0 Å². The summed E-state index contributed by atoms with van der Waals surface area (Å²) in [6.07, 6.45) is 4.12. The summed E-state index contributed by atoms with van der Waals surface area (Å²) in [7, 11) is 1.80. The Kier molecular flexibility index (Phi) is 5.19. The molecule has 0 unspecified atom stereocenters. The molecule has 1 saturated heterocycles. The van der Waals surface area contributed by atoms with Crippen molar-refractivity contribution in [2.75, 3.05) is 25.6 Å². The fraction of sp³-hybridized carbons (Fsp3) is 0.286. The van der Waals surface area contributed by atoms with E-state index in [1.165, 1.54) is 12.1 Å². The van der Waals surface area contributed by atoms with Crippen LogP contribution in [0, 0.1) is 11.7 Å². The SMILES string of the molecule is CN1Cc2nc(Nc3ccc(-c4cnc5cc(F)ccn45)c4c3C(=O)NC4)ccc2[C@@H]2CCOC[C@@H]2C1=O. The van der Waals surface area contributed by atoms with Gasteiger partial charge in [0.2, 0.25) is 5.91 Å². The molecule has 0 bridgehead atoms. The van der Waals surface area contributed by atoms with Gasteiger partial charge in [-0.1, -0.05) is 12.1 Å². The molecule has 3 aromatic heterocycles. The number of anilines is 2. The van der Waals surface area contributed by atoms with Crippen LogP contribution in [0.1, 0.15) is 39.5 Å². The van der Waals surface area contributed by atoms with Gasteiger partial charge in [-0.05, 0) is 35.7 Å². The molecule has 0 spiro atoms. The molecule has 6 heterocycles. The Bertz CT molecular complexity index is 1630. The van der Waals surface area contributed by atoms with Gasteiger partial charge in [-0.15, -0.1) is 0 Å². The number of ether oxygens (including phenoxy) is 1. The van der Waals surface area contributed by atoms with Gasteiger partial charge in [0.05, 0.1) is 47.9 Å². The van der Waals surface area contributed by atoms with Crippen molar-refractivity contribution in [3.63, 3.8) is 0 Å². The van der Waals surface area contributed by atoms with E-state index in [2.05, 4.69) is 15.6 Å². The maximum absolute atomic E-state index is 13.7. The van der Waals surface area contributed by atoms with E-state index in [-0.39, 0.29) is 29.5 Å². The fourth-order valence-corrected chi connectivity index (χ4v) is 5.97. The highest BCUT2D eigenvalue weighted by Gasteiger charge is 2.39. The number of nitrogens with zero attached hydrogens (tertiary/aromatic N) is 4. The van der Waals surface area contributed by atoms with E-state index in [1.807, 2.05) is 28.7 Å². The summed E-state index contributed by atoms with van der Waals surface area (Å²) in [5.41, 5.74) is 6.11. The summed E-state index contributed by atoms with van der Waals surface area (Å²) in [5, 5.41) is 6.27. The molecule has 0 aliphatic carbocycles. The number of halogens is 1. The summed E-state index contributed by atoms with van der Waals surface area (Å²) in [6, 6.07) is 10.5. The minimum atomic E-state index is -0.354. The van der Waals surface area contributed by atoms with Gasteiger partial charge in [0, 0.05) is 43.9 Å². The van der Waals surface area contributed by atoms with E-state index in [0.29, 0.717) is 49.0 Å². The summed E-state index contributed by atoms with van der Waals surface area (Å²) >= 11 is 0. The maximum Gasteiger partial charge on any atom is 0.254 e. The van der Waals surface area contributed by atoms with Crippen molar-refractivity contribution < 1.29 is 18.7 Å². The molecule has 192 valence electrons. The molecule has 0 radical (unpaired) electrons. The third-order valence-electron chi connectivity index (χ3n) is 7.83. The number of hydrogen-bond acceptors (Lipinski definition) is 6. The predicted molar refractivity (Wildman–Crippen MR) is 137 cm³/mol. The van der Waals surface area contributed by atoms with Crippen LogP contribution in [0.4, 0.5) is 15.9 Å². The molecule has 2 N–H and O–H groups in total. The molecule has 3 aliphatic rings. The highest BCUT2D eigenvalue weighted by molar-refractivity contribution is 6.06. The van der Waals surface area contributed by atoms with E-state index in [0.717, 1.165) is 34.5 Å². The van der Waals surface area contributed by atoms with Crippen LogP contribution in [0.2, 0.25) is 0 Å². The number of benzene rings is 1. The largest absolute Gasteiger partial charge is 0.381 e. The number of nitrogens with one attached hydrogen (secondary N) is 2. The molecule has 2 amide bonds. The Balaban J connectivity index is 1.26. The average Bonchev–Trinajstić information content (AvgIpc) is 3.49. The van der Waals surface area contributed by atoms with Crippen LogP contribution >= 0.6 is 0 Å². The van der Waals surface area contributed by atoms with Gasteiger partial charge >= 0.3 is 0 Å². The number of pyridine rings is 2. The second-order valence-corrected chi connectivity index (χ2v) is 10.0. The van der Waals surface area contributed by atoms with Gasteiger partial charge < -0.3 is 20.3 Å². The minimum absolute atomic E-state index is 0.0856. The standard InChI is InChI=1S/C28H25FN6O3/c1-34-13-22-17(16-7-9-38-14-20(16)28(34)37)3-5-24(33-22)32-21-4-2-18(19-11-31-27(36)26(19)21)23-12-30-25-10-15(29)6-8-35(23)25/h2-6,8,10,12,16,20H,7,9,11,13-14H2,1H3,(H,31,36)(H,32,33)/t16-,20-/m0/s1. The lowest BCUT2D eigenvalue weighted by molar-refractivity contribution is -0.139. The zero-order valence-corrected chi connectivity index (χ0v) is 20.7. The van der Waals surface area contributed by atoms with Crippen LogP contribution in [-0.2, 0) is 22.6 Å². The molecule has 3 aliphatic heterocycles. The van der Waals surface area contributed by atoms with E-state index in [4.69, 9.17) is 9.72 Å². The molecule has 9 nitrogen and oxygen atoms in total. The van der Waals surface area contributed by atoms with Crippen LogP contribution in [0.5, 0.6) is 0 Å². The molecule has 38 heavy (non-hydrogen) atoms. The van der Waals surface area contributed by atoms with Gasteiger partial charge in [-0.25, -0.2) is 14.4 Å². The first kappa shape index (κ1) is 22.9. The summed E-state index contributed by atoms with van der Waals surface area (Å²) < 4.78 is 21.1. The quantitative estimate of drug-likeness (QED) is 0.435. The van der Waals surface area contributed by atoms with Crippen LogP contribution in [-0.4, -0.2) is 51.3 Å². The number of amides is 2. The van der Waals surface area contributed by atoms with Gasteiger partial charge in [0.15, 0.2) is 0 Å². The topological polar surface area (TPSA) is 101 Å². The van der Waals surface area contributed by atoms with E-state index in [9.17, 15) is 14.0 Å². The van der Waals surface area contributed by atoms with Crippen LogP contribution in [0.15, 0.2) is 48.8 Å². The Hall–Kier alpha value is -4.31. The van der Waals surface area contributed by atoms with Gasteiger partial charge in [0.1, 0.15) is 17.3 Å². The van der Waals surface area contributed by atoms with E-state index in [1.54, 1.807) is 24.3 Å². The van der Waals surface area contributed by atoms with Crippen molar-refractivity contribution in [2.24, 2.45) is 5.92 Å². The molecule has 0 saturated carbocycles. The number of aromatic nitrogens is 3. The Morgan fingerprint density at radius 3 is 2.95 bits per heavy atom. The Morgan fingerprint density at radius 2 is 2.05 bits per heavy atom. The van der Waals surface area contributed by atoms with Crippen molar-refractivity contribution >= 4 is 29.0 Å². The molecule has 2 atom stereocenters. The van der Waals surface area contributed by atoms with Crippen molar-refractivity contribution in [1.29, 1.82) is 0 Å². The second kappa shape index (κ2) is 8.63. The first-order valence-corrected chi connectivity index (χ1v) is 12.6. The second-order valence-electron chi connectivity index (χ2n) is 10.0. The smallest absolute Gasteiger partial charge is 0.254 e. The van der Waals surface area contributed by atoms with Gasteiger partial charge in [-0.2, -0.15) is 0 Å². The number of rotatable bonds is 3. The fourth-order valence-electron chi connectivity index (χ4n) is 5.97. The number of fused-ring (bicyclic) bond motifs is 5.